The largest absolute Gasteiger partial charge is 0.384 e. The number of para-hydroxylation sites is 1. The molecule has 0 aliphatic carbocycles. The Morgan fingerprint density at radius 3 is 3.00 bits per heavy atom. The summed E-state index contributed by atoms with van der Waals surface area (Å²) in [6, 6.07) is 7.25. The Bertz CT molecular complexity index is 763. The highest BCUT2D eigenvalue weighted by molar-refractivity contribution is 5.85. The number of halogens is 1. The number of hydrogen-bond donors (Lipinski definition) is 1. The third-order valence-electron chi connectivity index (χ3n) is 5.57. The maximum absolute atomic E-state index is 5.33. The number of likely N-dealkylation sites (N-methyl/N-ethyl adjacent to an activating group) is 1. The molecule has 4 rings (SSSR count). The molecule has 0 amide bonds. The van der Waals surface area contributed by atoms with Gasteiger partial charge < -0.3 is 9.84 Å². The van der Waals surface area contributed by atoms with E-state index >= 15 is 0 Å². The lowest BCUT2D eigenvalue weighted by molar-refractivity contribution is 0.216. The lowest BCUT2D eigenvalue weighted by Crippen LogP contribution is -2.34. The van der Waals surface area contributed by atoms with Crippen molar-refractivity contribution < 1.29 is 4.52 Å². The van der Waals surface area contributed by atoms with E-state index in [1.165, 1.54) is 23.2 Å². The molecule has 2 aliphatic rings. The first-order valence-electron chi connectivity index (χ1n) is 9.70. The zero-order valence-corrected chi connectivity index (χ0v) is 17.3. The monoisotopic (exact) mass is 391 g/mol. The molecule has 0 radical (unpaired) electrons. The molecule has 0 bridgehead atoms. The minimum Gasteiger partial charge on any atom is -0.384 e. The molecule has 1 fully saturated rings. The zero-order valence-electron chi connectivity index (χ0n) is 16.4. The van der Waals surface area contributed by atoms with Crippen LogP contribution < -0.4 is 5.32 Å². The van der Waals surface area contributed by atoms with Crippen molar-refractivity contribution in [2.45, 2.75) is 51.7 Å². The minimum absolute atomic E-state index is 0. The lowest BCUT2D eigenvalue weighted by Gasteiger charge is -2.23. The number of aromatic nitrogens is 2. The van der Waals surface area contributed by atoms with Gasteiger partial charge in [0.2, 0.25) is 5.89 Å². The van der Waals surface area contributed by atoms with Crippen molar-refractivity contribution in [1.82, 2.24) is 19.9 Å². The average Bonchev–Trinajstić information content (AvgIpc) is 3.35. The Morgan fingerprint density at radius 2 is 2.22 bits per heavy atom. The van der Waals surface area contributed by atoms with E-state index in [0.29, 0.717) is 6.04 Å². The standard InChI is InChI=1S/C20H29N5O.ClH/c1-14(2)20-22-18(23-26-20)13-24(3)17-8-10-25(12-17)11-16-6-4-5-15-7-9-21-19(15)16;/h4-6,14,17,21H,7-13H2,1-3H3;1H. The van der Waals surface area contributed by atoms with Crippen LogP contribution in [0.4, 0.5) is 5.69 Å². The first-order chi connectivity index (χ1) is 12.6. The molecule has 1 saturated heterocycles. The maximum atomic E-state index is 5.33. The second-order valence-corrected chi connectivity index (χ2v) is 7.92. The van der Waals surface area contributed by atoms with Crippen molar-refractivity contribution in [3.8, 4) is 0 Å². The molecule has 1 unspecified atom stereocenters. The van der Waals surface area contributed by atoms with Crippen molar-refractivity contribution >= 4 is 18.1 Å². The molecule has 0 saturated carbocycles. The van der Waals surface area contributed by atoms with E-state index in [0.717, 1.165) is 50.9 Å². The summed E-state index contributed by atoms with van der Waals surface area (Å²) in [5.41, 5.74) is 4.27. The predicted octanol–water partition coefficient (Wildman–Crippen LogP) is 3.29. The topological polar surface area (TPSA) is 57.4 Å². The Morgan fingerprint density at radius 1 is 1.37 bits per heavy atom. The number of benzene rings is 1. The van der Waals surface area contributed by atoms with E-state index in [-0.39, 0.29) is 18.3 Å². The van der Waals surface area contributed by atoms with Crippen molar-refractivity contribution in [3.05, 3.63) is 41.0 Å². The number of likely N-dealkylation sites (tertiary alicyclic amines) is 1. The highest BCUT2D eigenvalue weighted by Crippen LogP contribution is 2.28. The minimum atomic E-state index is 0. The van der Waals surface area contributed by atoms with Crippen LogP contribution in [0.25, 0.3) is 0 Å². The summed E-state index contributed by atoms with van der Waals surface area (Å²) in [6.07, 6.45) is 2.34. The molecule has 27 heavy (non-hydrogen) atoms. The summed E-state index contributed by atoms with van der Waals surface area (Å²) in [6.45, 7) is 9.23. The zero-order chi connectivity index (χ0) is 18.1. The molecule has 0 spiro atoms. The fourth-order valence-electron chi connectivity index (χ4n) is 4.02. The second kappa shape index (κ2) is 8.59. The SMILES string of the molecule is CC(C)c1nc(CN(C)C2CCN(Cc3cccc4c3NCC4)C2)no1.Cl. The fraction of sp³-hybridized carbons (Fsp3) is 0.600. The van der Waals surface area contributed by atoms with Gasteiger partial charge in [-0.3, -0.25) is 9.80 Å². The van der Waals surface area contributed by atoms with Gasteiger partial charge in [-0.1, -0.05) is 37.2 Å². The Labute approximate surface area is 167 Å². The summed E-state index contributed by atoms with van der Waals surface area (Å²) in [7, 11) is 2.17. The van der Waals surface area contributed by atoms with Crippen molar-refractivity contribution in [2.24, 2.45) is 0 Å². The summed E-state index contributed by atoms with van der Waals surface area (Å²) in [5.74, 6) is 1.80. The van der Waals surface area contributed by atoms with Gasteiger partial charge in [0.1, 0.15) is 0 Å². The van der Waals surface area contributed by atoms with E-state index in [1.54, 1.807) is 0 Å². The normalized spacial score (nSPS) is 19.4. The summed E-state index contributed by atoms with van der Waals surface area (Å²) >= 11 is 0. The first-order valence-corrected chi connectivity index (χ1v) is 9.70. The summed E-state index contributed by atoms with van der Waals surface area (Å²) < 4.78 is 5.33. The molecular formula is C20H30ClN5O. The molecule has 7 heteroatoms. The Balaban J connectivity index is 0.00000210. The maximum Gasteiger partial charge on any atom is 0.229 e. The number of anilines is 1. The molecule has 1 N–H and O–H groups in total. The van der Waals surface area contributed by atoms with Crippen LogP contribution >= 0.6 is 12.4 Å². The first kappa shape index (κ1) is 20.1. The molecule has 1 atom stereocenters. The molecule has 3 heterocycles. The second-order valence-electron chi connectivity index (χ2n) is 7.92. The van der Waals surface area contributed by atoms with Crippen molar-refractivity contribution in [1.29, 1.82) is 0 Å². The number of hydrogen-bond acceptors (Lipinski definition) is 6. The third kappa shape index (κ3) is 4.45. The predicted molar refractivity (Wildman–Crippen MR) is 109 cm³/mol. The number of fused-ring (bicyclic) bond motifs is 1. The van der Waals surface area contributed by atoms with Crippen LogP contribution in [0.15, 0.2) is 22.7 Å². The van der Waals surface area contributed by atoms with Crippen LogP contribution in [0.2, 0.25) is 0 Å². The van der Waals surface area contributed by atoms with Gasteiger partial charge in [0.15, 0.2) is 5.82 Å². The van der Waals surface area contributed by atoms with Gasteiger partial charge in [0.05, 0.1) is 6.54 Å². The molecule has 1 aromatic heterocycles. The van der Waals surface area contributed by atoms with Gasteiger partial charge in [-0.05, 0) is 31.0 Å². The van der Waals surface area contributed by atoms with Crippen molar-refractivity contribution in [3.63, 3.8) is 0 Å². The van der Waals surface area contributed by atoms with E-state index in [1.807, 2.05) is 0 Å². The highest BCUT2D eigenvalue weighted by Gasteiger charge is 2.27. The molecular weight excluding hydrogens is 362 g/mol. The molecule has 2 aliphatic heterocycles. The highest BCUT2D eigenvalue weighted by atomic mass is 35.5. The van der Waals surface area contributed by atoms with Gasteiger partial charge in [0, 0.05) is 43.8 Å². The van der Waals surface area contributed by atoms with Crippen LogP contribution in [-0.4, -0.2) is 52.7 Å². The molecule has 2 aromatic rings. The van der Waals surface area contributed by atoms with Gasteiger partial charge in [-0.25, -0.2) is 0 Å². The average molecular weight is 392 g/mol. The number of nitrogens with zero attached hydrogens (tertiary/aromatic N) is 4. The summed E-state index contributed by atoms with van der Waals surface area (Å²) in [4.78, 5) is 9.43. The number of nitrogens with one attached hydrogen (secondary N) is 1. The molecule has 1 aromatic carbocycles. The Hall–Kier alpha value is -1.63. The van der Waals surface area contributed by atoms with Crippen LogP contribution in [-0.2, 0) is 19.5 Å². The van der Waals surface area contributed by atoms with Gasteiger partial charge in [0.25, 0.3) is 0 Å². The smallest absolute Gasteiger partial charge is 0.229 e. The quantitative estimate of drug-likeness (QED) is 0.815. The van der Waals surface area contributed by atoms with E-state index in [4.69, 9.17) is 4.52 Å². The molecule has 148 valence electrons. The van der Waals surface area contributed by atoms with Crippen LogP contribution in [0.1, 0.15) is 49.0 Å². The van der Waals surface area contributed by atoms with E-state index in [9.17, 15) is 0 Å². The van der Waals surface area contributed by atoms with Crippen LogP contribution in [0.5, 0.6) is 0 Å². The van der Waals surface area contributed by atoms with Gasteiger partial charge in [-0.2, -0.15) is 4.98 Å². The van der Waals surface area contributed by atoms with E-state index in [2.05, 4.69) is 64.4 Å². The molecule has 6 nitrogen and oxygen atoms in total. The number of rotatable bonds is 6. The van der Waals surface area contributed by atoms with E-state index < -0.39 is 0 Å². The van der Waals surface area contributed by atoms with Gasteiger partial charge >= 0.3 is 0 Å². The van der Waals surface area contributed by atoms with Gasteiger partial charge in [-0.15, -0.1) is 12.4 Å². The summed E-state index contributed by atoms with van der Waals surface area (Å²) in [5, 5.41) is 7.68. The fourth-order valence-corrected chi connectivity index (χ4v) is 4.02. The Kier molecular flexibility index (Phi) is 6.40. The third-order valence-corrected chi connectivity index (χ3v) is 5.57. The lowest BCUT2D eigenvalue weighted by atomic mass is 10.1. The van der Waals surface area contributed by atoms with Crippen LogP contribution in [0, 0.1) is 0 Å². The van der Waals surface area contributed by atoms with Crippen LogP contribution in [0.3, 0.4) is 0 Å². The van der Waals surface area contributed by atoms with Crippen molar-refractivity contribution in [2.75, 3.05) is 32.0 Å².